The van der Waals surface area contributed by atoms with E-state index in [9.17, 15) is 0 Å². The minimum Gasteiger partial charge on any atom is -0.354 e. The summed E-state index contributed by atoms with van der Waals surface area (Å²) in [6.07, 6.45) is 6.73. The largest absolute Gasteiger partial charge is 0.354 e. The minimum atomic E-state index is 0. The van der Waals surface area contributed by atoms with Crippen LogP contribution in [-0.4, -0.2) is 86.1 Å². The van der Waals surface area contributed by atoms with Gasteiger partial charge in [0.05, 0.1) is 6.54 Å². The molecule has 6 heteroatoms. The van der Waals surface area contributed by atoms with Crippen molar-refractivity contribution >= 4 is 29.9 Å². The van der Waals surface area contributed by atoms with Crippen LogP contribution >= 0.6 is 24.0 Å². The standard InChI is InChI=1S/C16H31N5.HI/c1-19-11-6-16(7-12-19,21-9-4-3-5-10-21)14-18-15-17-8-13-20(15)2;/h3-14H2,1-2H3,(H,17,18);1H. The van der Waals surface area contributed by atoms with Crippen molar-refractivity contribution in [2.45, 2.75) is 37.6 Å². The van der Waals surface area contributed by atoms with Crippen molar-refractivity contribution in [1.29, 1.82) is 0 Å². The molecule has 3 aliphatic heterocycles. The van der Waals surface area contributed by atoms with E-state index in [1.807, 2.05) is 0 Å². The molecule has 22 heavy (non-hydrogen) atoms. The van der Waals surface area contributed by atoms with Gasteiger partial charge in [-0.05, 0) is 58.9 Å². The lowest BCUT2D eigenvalue weighted by molar-refractivity contribution is 0.0171. The highest BCUT2D eigenvalue weighted by molar-refractivity contribution is 14.0. The number of likely N-dealkylation sites (N-methyl/N-ethyl adjacent to an activating group) is 1. The molecule has 3 heterocycles. The maximum Gasteiger partial charge on any atom is 0.193 e. The summed E-state index contributed by atoms with van der Waals surface area (Å²) in [4.78, 5) is 12.1. The van der Waals surface area contributed by atoms with Crippen LogP contribution in [0.4, 0.5) is 0 Å². The van der Waals surface area contributed by atoms with Gasteiger partial charge in [0.25, 0.3) is 0 Å². The summed E-state index contributed by atoms with van der Waals surface area (Å²) in [5, 5.41) is 3.67. The lowest BCUT2D eigenvalue weighted by Crippen LogP contribution is -2.61. The molecule has 5 nitrogen and oxygen atoms in total. The molecule has 0 radical (unpaired) electrons. The SMILES string of the molecule is CN1CCC(CNC2=NCCN2C)(N2CCCCC2)CC1.I. The van der Waals surface area contributed by atoms with Crippen molar-refractivity contribution in [3.05, 3.63) is 0 Å². The summed E-state index contributed by atoms with van der Waals surface area (Å²) >= 11 is 0. The number of nitrogens with one attached hydrogen (secondary N) is 1. The average Bonchev–Trinajstić information content (AvgIpc) is 2.93. The Morgan fingerprint density at radius 1 is 1.00 bits per heavy atom. The summed E-state index contributed by atoms with van der Waals surface area (Å²) in [6, 6.07) is 0. The second-order valence-electron chi connectivity index (χ2n) is 7.06. The van der Waals surface area contributed by atoms with Gasteiger partial charge >= 0.3 is 0 Å². The van der Waals surface area contributed by atoms with Crippen LogP contribution in [0.5, 0.6) is 0 Å². The number of guanidine groups is 1. The first-order valence-electron chi connectivity index (χ1n) is 8.63. The van der Waals surface area contributed by atoms with Gasteiger partial charge in [-0.25, -0.2) is 0 Å². The molecule has 0 aromatic rings. The second kappa shape index (κ2) is 8.15. The zero-order valence-electron chi connectivity index (χ0n) is 14.2. The van der Waals surface area contributed by atoms with Crippen molar-refractivity contribution in [3.8, 4) is 0 Å². The number of likely N-dealkylation sites (tertiary alicyclic amines) is 2. The van der Waals surface area contributed by atoms with Crippen molar-refractivity contribution < 1.29 is 0 Å². The van der Waals surface area contributed by atoms with Gasteiger partial charge in [0.2, 0.25) is 0 Å². The molecule has 0 spiro atoms. The van der Waals surface area contributed by atoms with E-state index in [0.717, 1.165) is 25.6 Å². The fraction of sp³-hybridized carbons (Fsp3) is 0.938. The Morgan fingerprint density at radius 2 is 1.68 bits per heavy atom. The number of hydrogen-bond donors (Lipinski definition) is 1. The van der Waals surface area contributed by atoms with Crippen LogP contribution in [0.3, 0.4) is 0 Å². The molecule has 0 aromatic heterocycles. The first-order chi connectivity index (χ1) is 10.2. The summed E-state index contributed by atoms with van der Waals surface area (Å²) in [5.41, 5.74) is 0.346. The summed E-state index contributed by atoms with van der Waals surface area (Å²) in [5.74, 6) is 1.10. The Balaban J connectivity index is 0.00000176. The molecule has 0 atom stereocenters. The van der Waals surface area contributed by atoms with E-state index in [1.165, 1.54) is 58.3 Å². The molecule has 3 aliphatic rings. The van der Waals surface area contributed by atoms with Crippen molar-refractivity contribution in [2.75, 3.05) is 59.9 Å². The maximum absolute atomic E-state index is 4.59. The molecule has 1 N–H and O–H groups in total. The number of nitrogens with zero attached hydrogens (tertiary/aromatic N) is 4. The molecule has 0 unspecified atom stereocenters. The average molecular weight is 421 g/mol. The predicted molar refractivity (Wildman–Crippen MR) is 103 cm³/mol. The van der Waals surface area contributed by atoms with Gasteiger partial charge in [-0.15, -0.1) is 24.0 Å². The predicted octanol–water partition coefficient (Wildman–Crippen LogP) is 1.45. The Kier molecular flexibility index (Phi) is 6.76. The number of rotatable bonds is 3. The lowest BCUT2D eigenvalue weighted by atomic mass is 9.84. The summed E-state index contributed by atoms with van der Waals surface area (Å²) < 4.78 is 0. The van der Waals surface area contributed by atoms with Crippen LogP contribution in [-0.2, 0) is 0 Å². The number of hydrogen-bond acceptors (Lipinski definition) is 5. The molecule has 3 rings (SSSR count). The van der Waals surface area contributed by atoms with E-state index in [-0.39, 0.29) is 24.0 Å². The Morgan fingerprint density at radius 3 is 2.27 bits per heavy atom. The molecule has 128 valence electrons. The highest BCUT2D eigenvalue weighted by atomic mass is 127. The number of aliphatic imine (C=N–C) groups is 1. The molecule has 0 amide bonds. The maximum atomic E-state index is 4.59. The monoisotopic (exact) mass is 421 g/mol. The van der Waals surface area contributed by atoms with Crippen LogP contribution in [0.15, 0.2) is 4.99 Å². The molecule has 0 aromatic carbocycles. The molecule has 2 fully saturated rings. The quantitative estimate of drug-likeness (QED) is 0.700. The fourth-order valence-corrected chi connectivity index (χ4v) is 3.97. The number of halogens is 1. The lowest BCUT2D eigenvalue weighted by Gasteiger charge is -2.50. The first kappa shape index (κ1) is 18.3. The molecular weight excluding hydrogens is 389 g/mol. The molecule has 0 saturated carbocycles. The van der Waals surface area contributed by atoms with E-state index in [0.29, 0.717) is 5.54 Å². The molecule has 0 bridgehead atoms. The van der Waals surface area contributed by atoms with Crippen molar-refractivity contribution in [1.82, 2.24) is 20.0 Å². The fourth-order valence-electron chi connectivity index (χ4n) is 3.97. The second-order valence-corrected chi connectivity index (χ2v) is 7.06. The van der Waals surface area contributed by atoms with Crippen LogP contribution in [0.1, 0.15) is 32.1 Å². The molecular formula is C16H32IN5. The third-order valence-corrected chi connectivity index (χ3v) is 5.58. The Bertz CT molecular complexity index is 373. The zero-order valence-corrected chi connectivity index (χ0v) is 16.5. The zero-order chi connectivity index (χ0) is 14.7. The highest BCUT2D eigenvalue weighted by Gasteiger charge is 2.39. The highest BCUT2D eigenvalue weighted by Crippen LogP contribution is 2.30. The van der Waals surface area contributed by atoms with Crippen LogP contribution in [0, 0.1) is 0 Å². The van der Waals surface area contributed by atoms with E-state index >= 15 is 0 Å². The molecule has 2 saturated heterocycles. The summed E-state index contributed by atoms with van der Waals surface area (Å²) in [6.45, 7) is 8.08. The van der Waals surface area contributed by atoms with Crippen LogP contribution < -0.4 is 5.32 Å². The van der Waals surface area contributed by atoms with Gasteiger partial charge in [-0.2, -0.15) is 0 Å². The van der Waals surface area contributed by atoms with E-state index < -0.39 is 0 Å². The minimum absolute atomic E-state index is 0. The van der Waals surface area contributed by atoms with Gasteiger partial charge < -0.3 is 15.1 Å². The van der Waals surface area contributed by atoms with E-state index in [1.54, 1.807) is 0 Å². The smallest absolute Gasteiger partial charge is 0.193 e. The van der Waals surface area contributed by atoms with Crippen LogP contribution in [0.2, 0.25) is 0 Å². The van der Waals surface area contributed by atoms with Crippen molar-refractivity contribution in [3.63, 3.8) is 0 Å². The van der Waals surface area contributed by atoms with Crippen LogP contribution in [0.25, 0.3) is 0 Å². The third-order valence-electron chi connectivity index (χ3n) is 5.58. The molecule has 0 aliphatic carbocycles. The Hall–Kier alpha value is -0.0800. The van der Waals surface area contributed by atoms with Gasteiger partial charge in [0.15, 0.2) is 5.96 Å². The number of piperidine rings is 2. The normalized spacial score (nSPS) is 26.5. The third kappa shape index (κ3) is 4.06. The first-order valence-corrected chi connectivity index (χ1v) is 8.63. The van der Waals surface area contributed by atoms with Crippen molar-refractivity contribution in [2.24, 2.45) is 4.99 Å². The summed E-state index contributed by atoms with van der Waals surface area (Å²) in [7, 11) is 4.39. The van der Waals surface area contributed by atoms with E-state index in [2.05, 4.69) is 39.1 Å². The van der Waals surface area contributed by atoms with E-state index in [4.69, 9.17) is 0 Å². The van der Waals surface area contributed by atoms with Gasteiger partial charge in [-0.3, -0.25) is 9.89 Å². The van der Waals surface area contributed by atoms with Gasteiger partial charge in [0, 0.05) is 25.7 Å². The topological polar surface area (TPSA) is 34.1 Å². The van der Waals surface area contributed by atoms with Gasteiger partial charge in [-0.1, -0.05) is 6.42 Å². The van der Waals surface area contributed by atoms with Gasteiger partial charge in [0.1, 0.15) is 0 Å². The Labute approximate surface area is 152 Å².